The molecule has 21 heavy (non-hydrogen) atoms. The molecule has 1 fully saturated rings. The number of carbonyl (C=O) groups excluding carboxylic acids is 1. The van der Waals surface area contributed by atoms with Gasteiger partial charge in [0.2, 0.25) is 0 Å². The van der Waals surface area contributed by atoms with E-state index >= 15 is 0 Å². The zero-order chi connectivity index (χ0) is 14.8. The standard InChI is InChI=1S/C15H14FN3OS/c16-11-2-1-3-13(10-11)19-9-8-18(15(19)20)12-4-6-14(21-17)7-5-12/h1-7,10H,8-9,17H2. The van der Waals surface area contributed by atoms with Crippen molar-refractivity contribution in [1.82, 2.24) is 0 Å². The summed E-state index contributed by atoms with van der Waals surface area (Å²) in [4.78, 5) is 16.7. The van der Waals surface area contributed by atoms with Crippen LogP contribution < -0.4 is 14.9 Å². The molecule has 4 nitrogen and oxygen atoms in total. The number of nitrogens with zero attached hydrogens (tertiary/aromatic N) is 2. The predicted octanol–water partition coefficient (Wildman–Crippen LogP) is 3.24. The van der Waals surface area contributed by atoms with Crippen molar-refractivity contribution in [2.24, 2.45) is 5.14 Å². The maximum absolute atomic E-state index is 13.3. The second-order valence-electron chi connectivity index (χ2n) is 4.68. The highest BCUT2D eigenvalue weighted by Gasteiger charge is 2.30. The average molecular weight is 303 g/mol. The maximum Gasteiger partial charge on any atom is 0.329 e. The van der Waals surface area contributed by atoms with E-state index in [-0.39, 0.29) is 11.8 Å². The van der Waals surface area contributed by atoms with E-state index in [1.807, 2.05) is 24.3 Å². The first kappa shape index (κ1) is 13.9. The minimum Gasteiger partial charge on any atom is -0.292 e. The number of hydrogen-bond acceptors (Lipinski definition) is 3. The Hall–Kier alpha value is -2.05. The van der Waals surface area contributed by atoms with Crippen molar-refractivity contribution in [2.75, 3.05) is 22.9 Å². The topological polar surface area (TPSA) is 49.6 Å². The highest BCUT2D eigenvalue weighted by molar-refractivity contribution is 7.97. The number of anilines is 2. The Morgan fingerprint density at radius 3 is 2.29 bits per heavy atom. The fourth-order valence-corrected chi connectivity index (χ4v) is 2.66. The van der Waals surface area contributed by atoms with E-state index in [9.17, 15) is 9.18 Å². The number of halogens is 1. The molecule has 1 aliphatic heterocycles. The summed E-state index contributed by atoms with van der Waals surface area (Å²) in [6.45, 7) is 1.11. The number of nitrogens with two attached hydrogens (primary N) is 1. The normalized spacial score (nSPS) is 14.9. The van der Waals surface area contributed by atoms with Gasteiger partial charge in [0.25, 0.3) is 0 Å². The second kappa shape index (κ2) is 5.75. The predicted molar refractivity (Wildman–Crippen MR) is 83.0 cm³/mol. The van der Waals surface area contributed by atoms with Crippen molar-refractivity contribution in [1.29, 1.82) is 0 Å². The van der Waals surface area contributed by atoms with E-state index in [2.05, 4.69) is 0 Å². The lowest BCUT2D eigenvalue weighted by Crippen LogP contribution is -2.31. The number of hydrogen-bond donors (Lipinski definition) is 1. The van der Waals surface area contributed by atoms with Gasteiger partial charge in [0.15, 0.2) is 0 Å². The number of benzene rings is 2. The average Bonchev–Trinajstić information content (AvgIpc) is 2.89. The molecule has 0 saturated carbocycles. The van der Waals surface area contributed by atoms with Gasteiger partial charge in [-0.15, -0.1) is 0 Å². The van der Waals surface area contributed by atoms with Gasteiger partial charge in [-0.25, -0.2) is 9.18 Å². The molecule has 108 valence electrons. The third kappa shape index (κ3) is 2.72. The monoisotopic (exact) mass is 303 g/mol. The minimum absolute atomic E-state index is 0.145. The zero-order valence-electron chi connectivity index (χ0n) is 11.2. The van der Waals surface area contributed by atoms with Crippen molar-refractivity contribution in [2.45, 2.75) is 4.90 Å². The SMILES string of the molecule is NSc1ccc(N2CCN(c3cccc(F)c3)C2=O)cc1. The van der Waals surface area contributed by atoms with Crippen LogP contribution in [0.5, 0.6) is 0 Å². The lowest BCUT2D eigenvalue weighted by atomic mass is 10.3. The van der Waals surface area contributed by atoms with Crippen LogP contribution in [0, 0.1) is 5.82 Å². The van der Waals surface area contributed by atoms with Crippen LogP contribution in [0.2, 0.25) is 0 Å². The third-order valence-corrected chi connectivity index (χ3v) is 3.96. The molecule has 0 aliphatic carbocycles. The summed E-state index contributed by atoms with van der Waals surface area (Å²) in [6.07, 6.45) is 0. The first-order valence-corrected chi connectivity index (χ1v) is 7.38. The van der Waals surface area contributed by atoms with Crippen LogP contribution in [-0.4, -0.2) is 19.1 Å². The molecule has 1 heterocycles. The highest BCUT2D eigenvalue weighted by atomic mass is 32.2. The van der Waals surface area contributed by atoms with Crippen molar-refractivity contribution >= 4 is 29.4 Å². The van der Waals surface area contributed by atoms with Gasteiger partial charge in [-0.05, 0) is 54.4 Å². The maximum atomic E-state index is 13.3. The number of rotatable bonds is 3. The van der Waals surface area contributed by atoms with E-state index in [4.69, 9.17) is 5.14 Å². The fraction of sp³-hybridized carbons (Fsp3) is 0.133. The van der Waals surface area contributed by atoms with Gasteiger partial charge in [-0.3, -0.25) is 14.9 Å². The molecule has 2 amide bonds. The minimum atomic E-state index is -0.344. The summed E-state index contributed by atoms with van der Waals surface area (Å²) in [7, 11) is 0. The molecular weight excluding hydrogens is 289 g/mol. The zero-order valence-corrected chi connectivity index (χ0v) is 12.0. The van der Waals surface area contributed by atoms with Gasteiger partial charge in [-0.2, -0.15) is 0 Å². The summed E-state index contributed by atoms with van der Waals surface area (Å²) in [6, 6.07) is 13.4. The van der Waals surface area contributed by atoms with Gasteiger partial charge in [-0.1, -0.05) is 6.07 Å². The molecule has 1 aliphatic rings. The lowest BCUT2D eigenvalue weighted by Gasteiger charge is -2.19. The Balaban J connectivity index is 1.82. The molecule has 0 bridgehead atoms. The van der Waals surface area contributed by atoms with Crippen LogP contribution >= 0.6 is 11.9 Å². The van der Waals surface area contributed by atoms with Gasteiger partial charge >= 0.3 is 6.03 Å². The van der Waals surface area contributed by atoms with Gasteiger partial charge in [0.05, 0.1) is 0 Å². The van der Waals surface area contributed by atoms with Crippen LogP contribution in [-0.2, 0) is 0 Å². The summed E-state index contributed by atoms with van der Waals surface area (Å²) in [5.41, 5.74) is 1.40. The Bertz CT molecular complexity index is 662. The molecule has 0 aromatic heterocycles. The van der Waals surface area contributed by atoms with Gasteiger partial charge < -0.3 is 0 Å². The van der Waals surface area contributed by atoms with Crippen LogP contribution in [0.15, 0.2) is 53.4 Å². The van der Waals surface area contributed by atoms with E-state index in [1.165, 1.54) is 12.1 Å². The lowest BCUT2D eigenvalue weighted by molar-refractivity contribution is 0.256. The Morgan fingerprint density at radius 1 is 1.00 bits per heavy atom. The van der Waals surface area contributed by atoms with Gasteiger partial charge in [0, 0.05) is 29.4 Å². The first-order valence-electron chi connectivity index (χ1n) is 6.50. The summed E-state index contributed by atoms with van der Waals surface area (Å²) in [5.74, 6) is -0.344. The summed E-state index contributed by atoms with van der Waals surface area (Å²) in [5, 5.41) is 5.49. The number of amides is 2. The second-order valence-corrected chi connectivity index (χ2v) is 5.38. The summed E-state index contributed by atoms with van der Waals surface area (Å²) < 4.78 is 13.3. The Labute approximate surface area is 126 Å². The van der Waals surface area contributed by atoms with Crippen LogP contribution in [0.3, 0.4) is 0 Å². The van der Waals surface area contributed by atoms with E-state index in [1.54, 1.807) is 21.9 Å². The van der Waals surface area contributed by atoms with Crippen LogP contribution in [0.1, 0.15) is 0 Å². The smallest absolute Gasteiger partial charge is 0.292 e. The Kier molecular flexibility index (Phi) is 3.81. The van der Waals surface area contributed by atoms with E-state index in [0.717, 1.165) is 22.5 Å². The largest absolute Gasteiger partial charge is 0.329 e. The molecule has 1 saturated heterocycles. The first-order chi connectivity index (χ1) is 10.2. The third-order valence-electron chi connectivity index (χ3n) is 3.41. The van der Waals surface area contributed by atoms with E-state index < -0.39 is 0 Å². The molecule has 2 aromatic carbocycles. The number of carbonyl (C=O) groups is 1. The molecule has 2 aromatic rings. The fourth-order valence-electron chi connectivity index (χ4n) is 2.36. The molecule has 0 unspecified atom stereocenters. The van der Waals surface area contributed by atoms with Crippen LogP contribution in [0.4, 0.5) is 20.6 Å². The molecule has 6 heteroatoms. The van der Waals surface area contributed by atoms with E-state index in [0.29, 0.717) is 18.8 Å². The van der Waals surface area contributed by atoms with Crippen molar-refractivity contribution in [3.8, 4) is 0 Å². The Morgan fingerprint density at radius 2 is 1.67 bits per heavy atom. The molecule has 0 spiro atoms. The quantitative estimate of drug-likeness (QED) is 0.886. The molecule has 0 atom stereocenters. The van der Waals surface area contributed by atoms with Crippen LogP contribution in [0.25, 0.3) is 0 Å². The molecule has 0 radical (unpaired) electrons. The summed E-state index contributed by atoms with van der Waals surface area (Å²) >= 11 is 1.16. The van der Waals surface area contributed by atoms with Crippen molar-refractivity contribution in [3.63, 3.8) is 0 Å². The molecular formula is C15H14FN3OS. The van der Waals surface area contributed by atoms with Crippen molar-refractivity contribution < 1.29 is 9.18 Å². The van der Waals surface area contributed by atoms with Crippen molar-refractivity contribution in [3.05, 3.63) is 54.3 Å². The molecule has 3 rings (SSSR count). The molecule has 2 N–H and O–H groups in total. The highest BCUT2D eigenvalue weighted by Crippen LogP contribution is 2.26. The van der Waals surface area contributed by atoms with Gasteiger partial charge in [0.1, 0.15) is 5.82 Å². The number of urea groups is 1.